The normalized spacial score (nSPS) is 11.4. The smallest absolute Gasteiger partial charge is 0.328 e. The van der Waals surface area contributed by atoms with Gasteiger partial charge in [0.05, 0.1) is 12.0 Å². The first-order chi connectivity index (χ1) is 8.82. The summed E-state index contributed by atoms with van der Waals surface area (Å²) in [6.45, 7) is 0. The van der Waals surface area contributed by atoms with E-state index in [1.54, 1.807) is 6.20 Å². The van der Waals surface area contributed by atoms with E-state index in [1.165, 1.54) is 6.33 Å². The number of nitrogens with zero attached hydrogens (tertiary/aromatic N) is 1. The summed E-state index contributed by atoms with van der Waals surface area (Å²) in [5.41, 5.74) is 5.92. The van der Waals surface area contributed by atoms with Crippen molar-refractivity contribution < 1.29 is 29.7 Å². The van der Waals surface area contributed by atoms with Gasteiger partial charge in [0.1, 0.15) is 6.04 Å². The van der Waals surface area contributed by atoms with Gasteiger partial charge in [0.15, 0.2) is 0 Å². The Hall–Kier alpha value is -2.68. The topological polar surface area (TPSA) is 167 Å². The number of H-pyrrole nitrogens is 1. The van der Waals surface area contributed by atoms with Crippen molar-refractivity contribution in [2.45, 2.75) is 12.5 Å². The number of aromatic amines is 1. The molecule has 0 amide bonds. The van der Waals surface area contributed by atoms with Gasteiger partial charge in [-0.1, -0.05) is 0 Å². The van der Waals surface area contributed by atoms with E-state index in [4.69, 9.17) is 21.1 Å². The van der Waals surface area contributed by atoms with E-state index in [2.05, 4.69) is 9.97 Å². The molecule has 0 saturated heterocycles. The number of hydrogen-bond acceptors (Lipinski definition) is 5. The minimum absolute atomic E-state index is 0.263. The highest BCUT2D eigenvalue weighted by Crippen LogP contribution is 1.95. The van der Waals surface area contributed by atoms with Crippen LogP contribution in [-0.2, 0) is 20.8 Å². The number of carbonyl (C=O) groups is 3. The molecular weight excluding hydrogens is 258 g/mol. The fourth-order valence-electron chi connectivity index (χ4n) is 0.858. The van der Waals surface area contributed by atoms with Crippen molar-refractivity contribution in [2.75, 3.05) is 0 Å². The van der Waals surface area contributed by atoms with E-state index in [9.17, 15) is 14.4 Å². The molecule has 9 nitrogen and oxygen atoms in total. The Labute approximate surface area is 107 Å². The average molecular weight is 271 g/mol. The molecule has 0 aliphatic rings. The van der Waals surface area contributed by atoms with Crippen LogP contribution in [0.25, 0.3) is 0 Å². The molecule has 0 fully saturated rings. The molecule has 0 saturated carbocycles. The van der Waals surface area contributed by atoms with Crippen LogP contribution in [0.5, 0.6) is 0 Å². The van der Waals surface area contributed by atoms with Gasteiger partial charge < -0.3 is 26.0 Å². The lowest BCUT2D eigenvalue weighted by Crippen LogP contribution is -2.32. The van der Waals surface area contributed by atoms with Gasteiger partial charge in [0.2, 0.25) is 0 Å². The molecule has 0 aliphatic carbocycles. The van der Waals surface area contributed by atoms with Crippen LogP contribution in [0.1, 0.15) is 5.69 Å². The van der Waals surface area contributed by atoms with Crippen LogP contribution in [0.3, 0.4) is 0 Å². The highest BCUT2D eigenvalue weighted by molar-refractivity contribution is 5.89. The molecule has 6 N–H and O–H groups in total. The van der Waals surface area contributed by atoms with E-state index in [0.29, 0.717) is 17.8 Å². The summed E-state index contributed by atoms with van der Waals surface area (Å²) in [5, 5.41) is 24.0. The molecule has 0 aromatic carbocycles. The van der Waals surface area contributed by atoms with Crippen molar-refractivity contribution >= 4 is 17.9 Å². The molecule has 1 unspecified atom stereocenters. The Bertz CT molecular complexity index is 438. The van der Waals surface area contributed by atoms with Crippen molar-refractivity contribution in [3.8, 4) is 0 Å². The summed E-state index contributed by atoms with van der Waals surface area (Å²) in [5.74, 6) is -3.52. The largest absolute Gasteiger partial charge is 0.480 e. The zero-order valence-electron chi connectivity index (χ0n) is 9.68. The number of aliphatic carboxylic acids is 3. The predicted octanol–water partition coefficient (Wildman–Crippen LogP) is -0.924. The molecule has 0 radical (unpaired) electrons. The molecule has 1 atom stereocenters. The third-order valence-electron chi connectivity index (χ3n) is 1.67. The van der Waals surface area contributed by atoms with Crippen LogP contribution in [-0.4, -0.2) is 49.2 Å². The second kappa shape index (κ2) is 8.42. The third kappa shape index (κ3) is 9.06. The maximum atomic E-state index is 10.3. The highest BCUT2D eigenvalue weighted by atomic mass is 16.4. The number of carboxylic acid groups (broad SMARTS) is 3. The number of rotatable bonds is 5. The molecule has 0 aliphatic heterocycles. The van der Waals surface area contributed by atoms with E-state index in [-0.39, 0.29) is 6.42 Å². The maximum absolute atomic E-state index is 10.3. The lowest BCUT2D eigenvalue weighted by Gasteiger charge is -2.01. The van der Waals surface area contributed by atoms with Crippen molar-refractivity contribution in [3.63, 3.8) is 0 Å². The number of aromatic nitrogens is 2. The number of hydrogen-bond donors (Lipinski definition) is 5. The summed E-state index contributed by atoms with van der Waals surface area (Å²) in [6, 6.07) is -0.863. The average Bonchev–Trinajstić information content (AvgIpc) is 2.80. The van der Waals surface area contributed by atoms with Gasteiger partial charge >= 0.3 is 17.9 Å². The van der Waals surface area contributed by atoms with Gasteiger partial charge in [0.25, 0.3) is 0 Å². The molecule has 19 heavy (non-hydrogen) atoms. The Balaban J connectivity index is 0.000000362. The van der Waals surface area contributed by atoms with Gasteiger partial charge in [-0.3, -0.25) is 4.79 Å². The van der Waals surface area contributed by atoms with Gasteiger partial charge in [-0.15, -0.1) is 0 Å². The lowest BCUT2D eigenvalue weighted by atomic mass is 10.2. The third-order valence-corrected chi connectivity index (χ3v) is 1.67. The Morgan fingerprint density at radius 2 is 1.79 bits per heavy atom. The first-order valence-electron chi connectivity index (χ1n) is 4.93. The van der Waals surface area contributed by atoms with Crippen LogP contribution in [0, 0.1) is 0 Å². The monoisotopic (exact) mass is 271 g/mol. The van der Waals surface area contributed by atoms with Crippen LogP contribution in [0.2, 0.25) is 0 Å². The highest BCUT2D eigenvalue weighted by Gasteiger charge is 2.12. The number of carboxylic acids is 3. The summed E-state index contributed by atoms with van der Waals surface area (Å²) in [6.07, 6.45) is 4.50. The van der Waals surface area contributed by atoms with E-state index in [0.717, 1.165) is 0 Å². The Kier molecular flexibility index (Phi) is 7.23. The van der Waals surface area contributed by atoms with Gasteiger partial charge in [0, 0.05) is 24.8 Å². The standard InChI is InChI=1S/C6H9N3O2.C4H4O4/c7-5(6(10)11)1-4-2-8-3-9-4;5-3(6)1-2-4(7)8/h2-3,5H,1,7H2,(H,8,9)(H,10,11);1-2H,(H,5,6)(H,7,8)/b;2-1+. The summed E-state index contributed by atoms with van der Waals surface area (Å²) in [7, 11) is 0. The fraction of sp³-hybridized carbons (Fsp3) is 0.200. The minimum Gasteiger partial charge on any atom is -0.480 e. The SMILES string of the molecule is NC(Cc1c[nH]cn1)C(=O)O.O=C(O)/C=C/C(=O)O. The summed E-state index contributed by atoms with van der Waals surface area (Å²) < 4.78 is 0. The predicted molar refractivity (Wildman–Crippen MR) is 62.3 cm³/mol. The van der Waals surface area contributed by atoms with Crippen molar-refractivity contribution in [1.29, 1.82) is 0 Å². The van der Waals surface area contributed by atoms with Crippen LogP contribution < -0.4 is 5.73 Å². The van der Waals surface area contributed by atoms with Crippen LogP contribution >= 0.6 is 0 Å². The van der Waals surface area contributed by atoms with E-state index in [1.807, 2.05) is 0 Å². The maximum Gasteiger partial charge on any atom is 0.328 e. The molecule has 1 aromatic heterocycles. The van der Waals surface area contributed by atoms with E-state index >= 15 is 0 Å². The first kappa shape index (κ1) is 16.3. The first-order valence-corrected chi connectivity index (χ1v) is 4.93. The molecule has 1 heterocycles. The van der Waals surface area contributed by atoms with Crippen molar-refractivity contribution in [1.82, 2.24) is 9.97 Å². The molecule has 104 valence electrons. The Morgan fingerprint density at radius 3 is 2.11 bits per heavy atom. The minimum atomic E-state index is -1.26. The quantitative estimate of drug-likeness (QED) is 0.428. The zero-order valence-corrected chi connectivity index (χ0v) is 9.68. The molecule has 1 rings (SSSR count). The van der Waals surface area contributed by atoms with Gasteiger partial charge in [-0.25, -0.2) is 14.6 Å². The zero-order chi connectivity index (χ0) is 14.8. The number of nitrogens with one attached hydrogen (secondary N) is 1. The second-order valence-electron chi connectivity index (χ2n) is 3.22. The second-order valence-corrected chi connectivity index (χ2v) is 3.22. The molecule has 0 bridgehead atoms. The number of imidazole rings is 1. The van der Waals surface area contributed by atoms with E-state index < -0.39 is 23.9 Å². The fourth-order valence-corrected chi connectivity index (χ4v) is 0.858. The van der Waals surface area contributed by atoms with Gasteiger partial charge in [-0.2, -0.15) is 0 Å². The number of nitrogens with two attached hydrogens (primary N) is 1. The van der Waals surface area contributed by atoms with Crippen LogP contribution in [0.4, 0.5) is 0 Å². The van der Waals surface area contributed by atoms with Crippen molar-refractivity contribution in [3.05, 3.63) is 30.4 Å². The van der Waals surface area contributed by atoms with Crippen LogP contribution in [0.15, 0.2) is 24.7 Å². The summed E-state index contributed by atoms with van der Waals surface area (Å²) >= 11 is 0. The Morgan fingerprint density at radius 1 is 1.26 bits per heavy atom. The molecule has 1 aromatic rings. The molecule has 0 spiro atoms. The summed E-state index contributed by atoms with van der Waals surface area (Å²) in [4.78, 5) is 35.9. The molecule has 9 heteroatoms. The van der Waals surface area contributed by atoms with Gasteiger partial charge in [-0.05, 0) is 0 Å². The lowest BCUT2D eigenvalue weighted by molar-refractivity contribution is -0.138. The molecular formula is C10H13N3O6. The van der Waals surface area contributed by atoms with Crippen molar-refractivity contribution in [2.24, 2.45) is 5.73 Å².